The molecule has 0 radical (unpaired) electrons. The molecule has 0 bridgehead atoms. The van der Waals surface area contributed by atoms with Crippen LogP contribution in [0.25, 0.3) is 6.08 Å². The number of aliphatic hydroxyl groups excluding tert-OH is 1. The van der Waals surface area contributed by atoms with Crippen LogP contribution in [0.2, 0.25) is 0 Å². The van der Waals surface area contributed by atoms with Gasteiger partial charge in [0, 0.05) is 0 Å². The topological polar surface area (TPSA) is 20.2 Å². The molecule has 0 amide bonds. The van der Waals surface area contributed by atoms with Crippen molar-refractivity contribution in [2.24, 2.45) is 0 Å². The standard InChI is InChI=1S/C13H16O/c1-10(2)13(14)9-8-12-6-4-11(3)5-7-12/h4-9,13-14H,1H2,2-3H3/b9-8+. The van der Waals surface area contributed by atoms with Crippen LogP contribution < -0.4 is 0 Å². The van der Waals surface area contributed by atoms with Crippen LogP contribution in [0, 0.1) is 6.92 Å². The van der Waals surface area contributed by atoms with Crippen molar-refractivity contribution in [3.05, 3.63) is 53.6 Å². The summed E-state index contributed by atoms with van der Waals surface area (Å²) in [6.07, 6.45) is 3.10. The Morgan fingerprint density at radius 1 is 1.36 bits per heavy atom. The maximum Gasteiger partial charge on any atom is 0.0929 e. The quantitative estimate of drug-likeness (QED) is 0.723. The predicted octanol–water partition coefficient (Wildman–Crippen LogP) is 2.95. The van der Waals surface area contributed by atoms with Crippen LogP contribution in [0.15, 0.2) is 42.5 Å². The molecule has 1 aromatic carbocycles. The largest absolute Gasteiger partial charge is 0.385 e. The Morgan fingerprint density at radius 3 is 2.43 bits per heavy atom. The van der Waals surface area contributed by atoms with Crippen molar-refractivity contribution < 1.29 is 5.11 Å². The summed E-state index contributed by atoms with van der Waals surface area (Å²) in [5.74, 6) is 0. The van der Waals surface area contributed by atoms with Crippen molar-refractivity contribution in [1.29, 1.82) is 0 Å². The first kappa shape index (κ1) is 10.7. The third kappa shape index (κ3) is 3.19. The van der Waals surface area contributed by atoms with Gasteiger partial charge in [-0.1, -0.05) is 48.6 Å². The van der Waals surface area contributed by atoms with E-state index in [0.717, 1.165) is 11.1 Å². The zero-order valence-corrected chi connectivity index (χ0v) is 8.70. The molecule has 1 atom stereocenters. The smallest absolute Gasteiger partial charge is 0.0929 e. The second kappa shape index (κ2) is 4.77. The third-order valence-corrected chi connectivity index (χ3v) is 2.05. The Balaban J connectivity index is 2.69. The fourth-order valence-corrected chi connectivity index (χ4v) is 1.04. The normalized spacial score (nSPS) is 13.1. The molecule has 74 valence electrons. The van der Waals surface area contributed by atoms with Crippen LogP contribution in [-0.2, 0) is 0 Å². The molecule has 0 heterocycles. The molecule has 0 aliphatic heterocycles. The molecule has 14 heavy (non-hydrogen) atoms. The highest BCUT2D eigenvalue weighted by Crippen LogP contribution is 2.07. The molecule has 1 aromatic rings. The summed E-state index contributed by atoms with van der Waals surface area (Å²) in [6, 6.07) is 8.15. The van der Waals surface area contributed by atoms with Gasteiger partial charge in [0.25, 0.3) is 0 Å². The molecule has 0 spiro atoms. The summed E-state index contributed by atoms with van der Waals surface area (Å²) in [4.78, 5) is 0. The van der Waals surface area contributed by atoms with E-state index in [1.54, 1.807) is 6.08 Å². The maximum absolute atomic E-state index is 9.46. The first-order valence-corrected chi connectivity index (χ1v) is 4.68. The van der Waals surface area contributed by atoms with E-state index in [1.807, 2.05) is 37.3 Å². The van der Waals surface area contributed by atoms with E-state index in [1.165, 1.54) is 5.56 Å². The molecule has 0 aromatic heterocycles. The van der Waals surface area contributed by atoms with E-state index >= 15 is 0 Å². The lowest BCUT2D eigenvalue weighted by atomic mass is 10.1. The Bertz CT molecular complexity index is 333. The lowest BCUT2D eigenvalue weighted by Gasteiger charge is -2.02. The molecule has 1 N–H and O–H groups in total. The van der Waals surface area contributed by atoms with Crippen LogP contribution in [0.1, 0.15) is 18.1 Å². The zero-order chi connectivity index (χ0) is 10.6. The number of rotatable bonds is 3. The molecule has 1 unspecified atom stereocenters. The van der Waals surface area contributed by atoms with Gasteiger partial charge < -0.3 is 5.11 Å². The summed E-state index contributed by atoms with van der Waals surface area (Å²) in [5.41, 5.74) is 3.09. The Hall–Kier alpha value is -1.34. The number of hydrogen-bond donors (Lipinski definition) is 1. The second-order valence-corrected chi connectivity index (χ2v) is 3.56. The molecule has 0 aliphatic carbocycles. The van der Waals surface area contributed by atoms with Gasteiger partial charge in [0.05, 0.1) is 6.10 Å². The molecule has 0 fully saturated rings. The Labute approximate surface area is 85.4 Å². The summed E-state index contributed by atoms with van der Waals surface area (Å²) >= 11 is 0. The van der Waals surface area contributed by atoms with Crippen molar-refractivity contribution in [1.82, 2.24) is 0 Å². The van der Waals surface area contributed by atoms with E-state index in [-0.39, 0.29) is 0 Å². The van der Waals surface area contributed by atoms with Crippen molar-refractivity contribution in [2.75, 3.05) is 0 Å². The predicted molar refractivity (Wildman–Crippen MR) is 61.0 cm³/mol. The highest BCUT2D eigenvalue weighted by atomic mass is 16.3. The Morgan fingerprint density at radius 2 is 1.93 bits per heavy atom. The van der Waals surface area contributed by atoms with E-state index in [0.29, 0.717) is 0 Å². The van der Waals surface area contributed by atoms with Gasteiger partial charge in [0.2, 0.25) is 0 Å². The highest BCUT2D eigenvalue weighted by Gasteiger charge is 1.97. The number of benzene rings is 1. The average Bonchev–Trinajstić information content (AvgIpc) is 2.16. The van der Waals surface area contributed by atoms with Crippen LogP contribution in [0.4, 0.5) is 0 Å². The monoisotopic (exact) mass is 188 g/mol. The highest BCUT2D eigenvalue weighted by molar-refractivity contribution is 5.50. The molecular formula is C13H16O. The number of aryl methyl sites for hydroxylation is 1. The SMILES string of the molecule is C=C(C)C(O)/C=C/c1ccc(C)cc1. The molecule has 0 saturated carbocycles. The molecule has 0 saturated heterocycles. The van der Waals surface area contributed by atoms with Gasteiger partial charge in [-0.3, -0.25) is 0 Å². The Kier molecular flexibility index (Phi) is 3.66. The van der Waals surface area contributed by atoms with Gasteiger partial charge in [-0.2, -0.15) is 0 Å². The summed E-state index contributed by atoms with van der Waals surface area (Å²) in [7, 11) is 0. The minimum atomic E-state index is -0.545. The summed E-state index contributed by atoms with van der Waals surface area (Å²) < 4.78 is 0. The first-order chi connectivity index (χ1) is 6.59. The van der Waals surface area contributed by atoms with Gasteiger partial charge >= 0.3 is 0 Å². The number of hydrogen-bond acceptors (Lipinski definition) is 1. The maximum atomic E-state index is 9.46. The minimum Gasteiger partial charge on any atom is -0.385 e. The third-order valence-electron chi connectivity index (χ3n) is 2.05. The fraction of sp³-hybridized carbons (Fsp3) is 0.231. The molecule has 1 rings (SSSR count). The average molecular weight is 188 g/mol. The number of aliphatic hydroxyl groups is 1. The van der Waals surface area contributed by atoms with E-state index < -0.39 is 6.10 Å². The summed E-state index contributed by atoms with van der Waals surface area (Å²) in [5, 5.41) is 9.46. The molecule has 1 heteroatoms. The fourth-order valence-electron chi connectivity index (χ4n) is 1.04. The van der Waals surface area contributed by atoms with Crippen LogP contribution >= 0.6 is 0 Å². The van der Waals surface area contributed by atoms with E-state index in [4.69, 9.17) is 0 Å². The first-order valence-electron chi connectivity index (χ1n) is 4.68. The van der Waals surface area contributed by atoms with E-state index in [2.05, 4.69) is 13.5 Å². The lowest BCUT2D eigenvalue weighted by Crippen LogP contribution is -2.01. The second-order valence-electron chi connectivity index (χ2n) is 3.56. The van der Waals surface area contributed by atoms with Gasteiger partial charge in [0.15, 0.2) is 0 Å². The van der Waals surface area contributed by atoms with Crippen LogP contribution in [0.3, 0.4) is 0 Å². The minimum absolute atomic E-state index is 0.545. The van der Waals surface area contributed by atoms with Crippen LogP contribution in [0.5, 0.6) is 0 Å². The van der Waals surface area contributed by atoms with Crippen molar-refractivity contribution >= 4 is 6.08 Å². The van der Waals surface area contributed by atoms with Gasteiger partial charge in [-0.25, -0.2) is 0 Å². The zero-order valence-electron chi connectivity index (χ0n) is 8.70. The van der Waals surface area contributed by atoms with E-state index in [9.17, 15) is 5.11 Å². The van der Waals surface area contributed by atoms with Gasteiger partial charge in [-0.05, 0) is 25.0 Å². The van der Waals surface area contributed by atoms with Crippen molar-refractivity contribution in [3.8, 4) is 0 Å². The molecule has 1 nitrogen and oxygen atoms in total. The molecular weight excluding hydrogens is 172 g/mol. The summed E-state index contributed by atoms with van der Waals surface area (Å²) in [6.45, 7) is 7.54. The van der Waals surface area contributed by atoms with Gasteiger partial charge in [0.1, 0.15) is 0 Å². The molecule has 0 aliphatic rings. The van der Waals surface area contributed by atoms with Crippen molar-refractivity contribution in [3.63, 3.8) is 0 Å². The van der Waals surface area contributed by atoms with Crippen LogP contribution in [-0.4, -0.2) is 11.2 Å². The van der Waals surface area contributed by atoms with Crippen molar-refractivity contribution in [2.45, 2.75) is 20.0 Å². The lowest BCUT2D eigenvalue weighted by molar-refractivity contribution is 0.260. The van der Waals surface area contributed by atoms with Gasteiger partial charge in [-0.15, -0.1) is 0 Å².